The van der Waals surface area contributed by atoms with Crippen LogP contribution in [0.25, 0.3) is 11.3 Å². The summed E-state index contributed by atoms with van der Waals surface area (Å²) in [7, 11) is 2.89. The number of benzene rings is 1. The zero-order valence-corrected chi connectivity index (χ0v) is 12.9. The van der Waals surface area contributed by atoms with Crippen molar-refractivity contribution >= 4 is 12.0 Å². The minimum Gasteiger partial charge on any atom is -0.465 e. The average Bonchev–Trinajstić information content (AvgIpc) is 2.98. The first-order valence-corrected chi connectivity index (χ1v) is 6.95. The summed E-state index contributed by atoms with van der Waals surface area (Å²) in [5, 5.41) is 16.4. The number of carboxylic acid groups (broad SMARTS) is 1. The molecule has 8 heteroatoms. The van der Waals surface area contributed by atoms with Crippen molar-refractivity contribution in [3.63, 3.8) is 0 Å². The van der Waals surface area contributed by atoms with E-state index in [2.05, 4.69) is 10.4 Å². The highest BCUT2D eigenvalue weighted by Crippen LogP contribution is 2.19. The van der Waals surface area contributed by atoms with Crippen LogP contribution in [0, 0.1) is 0 Å². The summed E-state index contributed by atoms with van der Waals surface area (Å²) < 4.78 is 1.47. The average molecular weight is 318 g/mol. The van der Waals surface area contributed by atoms with Gasteiger partial charge in [0.05, 0.1) is 19.3 Å². The first kappa shape index (κ1) is 16.5. The molecule has 0 spiro atoms. The molecule has 2 aromatic rings. The molecule has 0 saturated carbocycles. The Hall–Kier alpha value is -2.87. The Morgan fingerprint density at radius 2 is 2.04 bits per heavy atom. The Kier molecular flexibility index (Phi) is 5.32. The predicted octanol–water partition coefficient (Wildman–Crippen LogP) is 1.45. The third-order valence-electron chi connectivity index (χ3n) is 3.23. The van der Waals surface area contributed by atoms with Gasteiger partial charge >= 0.3 is 6.09 Å². The van der Waals surface area contributed by atoms with Gasteiger partial charge in [0.15, 0.2) is 0 Å². The van der Waals surface area contributed by atoms with Crippen LogP contribution < -0.4 is 5.32 Å². The molecular formula is C15H18N4O4. The van der Waals surface area contributed by atoms with Gasteiger partial charge < -0.3 is 10.4 Å². The van der Waals surface area contributed by atoms with E-state index in [0.717, 1.165) is 10.6 Å². The molecule has 0 aliphatic carbocycles. The first-order valence-electron chi connectivity index (χ1n) is 6.95. The standard InChI is InChI=1S/C15H18N4O4/c1-18(23-2)14(20)13-10-12(11-6-4-3-5-7-11)17-19(13)9-8-16-15(21)22/h3-7,10,16H,8-9H2,1-2H3,(H,21,22). The number of hydrogen-bond donors (Lipinski definition) is 2. The molecule has 2 rings (SSSR count). The quantitative estimate of drug-likeness (QED) is 0.786. The van der Waals surface area contributed by atoms with E-state index in [1.165, 1.54) is 18.8 Å². The lowest BCUT2D eigenvalue weighted by molar-refractivity contribution is -0.0763. The van der Waals surface area contributed by atoms with Crippen LogP contribution >= 0.6 is 0 Å². The van der Waals surface area contributed by atoms with Gasteiger partial charge in [0.1, 0.15) is 5.69 Å². The van der Waals surface area contributed by atoms with Crippen molar-refractivity contribution in [1.82, 2.24) is 20.2 Å². The minimum atomic E-state index is -1.12. The van der Waals surface area contributed by atoms with E-state index in [0.29, 0.717) is 11.4 Å². The number of nitrogens with zero attached hydrogens (tertiary/aromatic N) is 3. The molecule has 0 unspecified atom stereocenters. The maximum absolute atomic E-state index is 12.3. The Balaban J connectivity index is 2.31. The fourth-order valence-corrected chi connectivity index (χ4v) is 2.02. The molecule has 0 saturated heterocycles. The van der Waals surface area contributed by atoms with Crippen LogP contribution in [0.4, 0.5) is 4.79 Å². The zero-order chi connectivity index (χ0) is 16.8. The number of rotatable bonds is 6. The van der Waals surface area contributed by atoms with E-state index in [1.807, 2.05) is 30.3 Å². The van der Waals surface area contributed by atoms with E-state index in [9.17, 15) is 9.59 Å². The predicted molar refractivity (Wildman–Crippen MR) is 82.8 cm³/mol. The van der Waals surface area contributed by atoms with Crippen LogP contribution in [-0.4, -0.2) is 52.7 Å². The summed E-state index contributed by atoms with van der Waals surface area (Å²) in [6.45, 7) is 0.375. The Morgan fingerprint density at radius 1 is 1.35 bits per heavy atom. The summed E-state index contributed by atoms with van der Waals surface area (Å²) in [5.41, 5.74) is 1.82. The van der Waals surface area contributed by atoms with E-state index < -0.39 is 6.09 Å². The van der Waals surface area contributed by atoms with Gasteiger partial charge in [-0.1, -0.05) is 30.3 Å². The molecule has 0 radical (unpaired) electrons. The molecule has 0 aliphatic heterocycles. The minimum absolute atomic E-state index is 0.141. The van der Waals surface area contributed by atoms with Gasteiger partial charge in [-0.2, -0.15) is 5.10 Å². The molecular weight excluding hydrogens is 300 g/mol. The molecule has 0 aliphatic rings. The molecule has 0 atom stereocenters. The molecule has 122 valence electrons. The second-order valence-corrected chi connectivity index (χ2v) is 4.72. The highest BCUT2D eigenvalue weighted by molar-refractivity contribution is 5.92. The lowest BCUT2D eigenvalue weighted by Gasteiger charge is -2.14. The third-order valence-corrected chi connectivity index (χ3v) is 3.23. The third kappa shape index (κ3) is 4.07. The number of amides is 2. The molecule has 2 amide bonds. The monoisotopic (exact) mass is 318 g/mol. The highest BCUT2D eigenvalue weighted by Gasteiger charge is 2.19. The summed E-state index contributed by atoms with van der Waals surface area (Å²) >= 11 is 0. The van der Waals surface area contributed by atoms with E-state index >= 15 is 0 Å². The molecule has 1 aromatic heterocycles. The molecule has 2 N–H and O–H groups in total. The van der Waals surface area contributed by atoms with Crippen molar-refractivity contribution in [3.8, 4) is 11.3 Å². The van der Waals surface area contributed by atoms with Gasteiger partial charge in [-0.25, -0.2) is 9.86 Å². The van der Waals surface area contributed by atoms with Crippen LogP contribution in [0.5, 0.6) is 0 Å². The van der Waals surface area contributed by atoms with Crippen molar-refractivity contribution < 1.29 is 19.5 Å². The number of nitrogens with one attached hydrogen (secondary N) is 1. The summed E-state index contributed by atoms with van der Waals surface area (Å²) in [6.07, 6.45) is -1.12. The lowest BCUT2D eigenvalue weighted by Crippen LogP contribution is -2.30. The van der Waals surface area contributed by atoms with Crippen molar-refractivity contribution in [2.24, 2.45) is 0 Å². The summed E-state index contributed by atoms with van der Waals surface area (Å²) in [4.78, 5) is 27.8. The Labute approximate surface area is 133 Å². The highest BCUT2D eigenvalue weighted by atomic mass is 16.7. The first-order chi connectivity index (χ1) is 11.0. The van der Waals surface area contributed by atoms with Crippen LogP contribution in [0.3, 0.4) is 0 Å². The van der Waals surface area contributed by atoms with Crippen molar-refractivity contribution in [3.05, 3.63) is 42.1 Å². The molecule has 1 aromatic carbocycles. The van der Waals surface area contributed by atoms with Gasteiger partial charge in [0, 0.05) is 19.2 Å². The Morgan fingerprint density at radius 3 is 2.65 bits per heavy atom. The SMILES string of the molecule is CON(C)C(=O)c1cc(-c2ccccc2)nn1CCNC(=O)O. The number of carbonyl (C=O) groups excluding carboxylic acids is 1. The topological polar surface area (TPSA) is 96.7 Å². The van der Waals surface area contributed by atoms with Crippen LogP contribution in [0.2, 0.25) is 0 Å². The fraction of sp³-hybridized carbons (Fsp3) is 0.267. The normalized spacial score (nSPS) is 10.3. The number of aromatic nitrogens is 2. The summed E-state index contributed by atoms with van der Waals surface area (Å²) in [6, 6.07) is 11.1. The van der Waals surface area contributed by atoms with E-state index in [-0.39, 0.29) is 19.0 Å². The Bertz CT molecular complexity index is 684. The van der Waals surface area contributed by atoms with E-state index in [4.69, 9.17) is 9.94 Å². The number of hydrogen-bond acceptors (Lipinski definition) is 4. The number of carbonyl (C=O) groups is 2. The molecule has 0 bridgehead atoms. The maximum atomic E-state index is 12.3. The largest absolute Gasteiger partial charge is 0.465 e. The van der Waals surface area contributed by atoms with Crippen molar-refractivity contribution in [2.45, 2.75) is 6.54 Å². The molecule has 8 nitrogen and oxygen atoms in total. The zero-order valence-electron chi connectivity index (χ0n) is 12.9. The summed E-state index contributed by atoms with van der Waals surface area (Å²) in [5.74, 6) is -0.363. The second kappa shape index (κ2) is 7.41. The van der Waals surface area contributed by atoms with Crippen molar-refractivity contribution in [1.29, 1.82) is 0 Å². The van der Waals surface area contributed by atoms with Crippen LogP contribution in [-0.2, 0) is 11.4 Å². The fourth-order valence-electron chi connectivity index (χ4n) is 2.02. The molecule has 0 fully saturated rings. The van der Waals surface area contributed by atoms with Crippen LogP contribution in [0.15, 0.2) is 36.4 Å². The van der Waals surface area contributed by atoms with Gasteiger partial charge in [0.2, 0.25) is 0 Å². The second-order valence-electron chi connectivity index (χ2n) is 4.72. The molecule has 1 heterocycles. The van der Waals surface area contributed by atoms with Gasteiger partial charge in [0.25, 0.3) is 5.91 Å². The maximum Gasteiger partial charge on any atom is 0.404 e. The van der Waals surface area contributed by atoms with Gasteiger partial charge in [-0.05, 0) is 6.07 Å². The smallest absolute Gasteiger partial charge is 0.404 e. The lowest BCUT2D eigenvalue weighted by atomic mass is 10.1. The van der Waals surface area contributed by atoms with Crippen molar-refractivity contribution in [2.75, 3.05) is 20.7 Å². The van der Waals surface area contributed by atoms with Crippen LogP contribution in [0.1, 0.15) is 10.5 Å². The molecule has 23 heavy (non-hydrogen) atoms. The van der Waals surface area contributed by atoms with Gasteiger partial charge in [-0.3, -0.25) is 14.3 Å². The number of hydroxylamine groups is 2. The van der Waals surface area contributed by atoms with E-state index in [1.54, 1.807) is 6.07 Å². The van der Waals surface area contributed by atoms with Gasteiger partial charge in [-0.15, -0.1) is 0 Å².